The van der Waals surface area contributed by atoms with Gasteiger partial charge < -0.3 is 5.32 Å². The molecule has 0 unspecified atom stereocenters. The average molecular weight is 391 g/mol. The summed E-state index contributed by atoms with van der Waals surface area (Å²) in [5.41, 5.74) is 0.478. The molecule has 21 heavy (non-hydrogen) atoms. The van der Waals surface area contributed by atoms with Crippen molar-refractivity contribution in [1.29, 1.82) is 0 Å². The van der Waals surface area contributed by atoms with Crippen LogP contribution < -0.4 is 5.32 Å². The van der Waals surface area contributed by atoms with Gasteiger partial charge in [-0.1, -0.05) is 27.5 Å². The highest BCUT2D eigenvalue weighted by Gasteiger charge is 2.14. The summed E-state index contributed by atoms with van der Waals surface area (Å²) < 4.78 is 32.0. The molecular formula is C13H9BrClNO4S. The van der Waals surface area contributed by atoms with Gasteiger partial charge in [-0.25, -0.2) is 0 Å². The van der Waals surface area contributed by atoms with Crippen LogP contribution in [0.25, 0.3) is 0 Å². The Morgan fingerprint density at radius 1 is 1.14 bits per heavy atom. The standard InChI is InChI=1S/C13H9BrClNO4S/c14-9-3-1-8(2-4-9)13(17)16-12-7-10(21(18,19)20)5-6-11(12)15/h1-7H,(H,16,17)(H,18,19,20). The number of amides is 1. The van der Waals surface area contributed by atoms with Crippen molar-refractivity contribution in [1.82, 2.24) is 0 Å². The number of rotatable bonds is 3. The maximum absolute atomic E-state index is 12.0. The number of halogens is 2. The summed E-state index contributed by atoms with van der Waals surface area (Å²) in [7, 11) is -4.36. The van der Waals surface area contributed by atoms with Crippen molar-refractivity contribution in [2.75, 3.05) is 5.32 Å². The van der Waals surface area contributed by atoms with E-state index in [-0.39, 0.29) is 15.6 Å². The Bertz CT molecular complexity index is 790. The highest BCUT2D eigenvalue weighted by atomic mass is 79.9. The molecule has 0 aromatic heterocycles. The van der Waals surface area contributed by atoms with Crippen LogP contribution in [0, 0.1) is 0 Å². The summed E-state index contributed by atoms with van der Waals surface area (Å²) in [5, 5.41) is 2.66. The lowest BCUT2D eigenvalue weighted by molar-refractivity contribution is 0.102. The van der Waals surface area contributed by atoms with Crippen LogP contribution in [0.4, 0.5) is 5.69 Å². The summed E-state index contributed by atoms with van der Waals surface area (Å²) in [6.45, 7) is 0. The van der Waals surface area contributed by atoms with Gasteiger partial charge in [-0.05, 0) is 42.5 Å². The SMILES string of the molecule is O=C(Nc1cc(S(=O)(=O)O)ccc1Cl)c1ccc(Br)cc1. The fourth-order valence-electron chi connectivity index (χ4n) is 1.56. The van der Waals surface area contributed by atoms with Gasteiger partial charge in [0.2, 0.25) is 0 Å². The molecule has 5 nitrogen and oxygen atoms in total. The molecule has 0 bridgehead atoms. The molecule has 0 spiro atoms. The van der Waals surface area contributed by atoms with Crippen LogP contribution in [0.5, 0.6) is 0 Å². The van der Waals surface area contributed by atoms with Gasteiger partial charge in [0.1, 0.15) is 0 Å². The van der Waals surface area contributed by atoms with Crippen molar-refractivity contribution in [3.05, 3.63) is 57.5 Å². The summed E-state index contributed by atoms with van der Waals surface area (Å²) in [6.07, 6.45) is 0. The molecule has 0 fully saturated rings. The second-order valence-electron chi connectivity index (χ2n) is 4.08. The number of carbonyl (C=O) groups excluding carboxylic acids is 1. The summed E-state index contributed by atoms with van der Waals surface area (Å²) in [6, 6.07) is 10.1. The first-order valence-corrected chi connectivity index (χ1v) is 8.22. The smallest absolute Gasteiger partial charge is 0.294 e. The lowest BCUT2D eigenvalue weighted by atomic mass is 10.2. The first-order chi connectivity index (χ1) is 9.77. The molecule has 0 radical (unpaired) electrons. The molecule has 0 saturated carbocycles. The first kappa shape index (κ1) is 16.0. The zero-order valence-corrected chi connectivity index (χ0v) is 13.5. The molecule has 0 saturated heterocycles. The number of benzene rings is 2. The fraction of sp³-hybridized carbons (Fsp3) is 0. The van der Waals surface area contributed by atoms with Crippen LogP contribution in [-0.4, -0.2) is 18.9 Å². The largest absolute Gasteiger partial charge is 0.321 e. The lowest BCUT2D eigenvalue weighted by Crippen LogP contribution is -2.12. The molecule has 110 valence electrons. The molecule has 8 heteroatoms. The molecule has 0 heterocycles. The Kier molecular flexibility index (Phi) is 4.67. The number of anilines is 1. The van der Waals surface area contributed by atoms with Gasteiger partial charge in [0.05, 0.1) is 15.6 Å². The van der Waals surface area contributed by atoms with Gasteiger partial charge >= 0.3 is 0 Å². The zero-order chi connectivity index (χ0) is 15.6. The second-order valence-corrected chi connectivity index (χ2v) is 6.82. The molecule has 0 aliphatic carbocycles. The van der Waals surface area contributed by atoms with E-state index in [1.807, 2.05) is 0 Å². The van der Waals surface area contributed by atoms with Crippen molar-refractivity contribution in [3.8, 4) is 0 Å². The van der Waals surface area contributed by atoms with E-state index in [1.165, 1.54) is 6.07 Å². The summed E-state index contributed by atoms with van der Waals surface area (Å²) >= 11 is 9.16. The van der Waals surface area contributed by atoms with Gasteiger partial charge in [-0.2, -0.15) is 8.42 Å². The molecule has 2 aromatic rings. The molecular weight excluding hydrogens is 382 g/mol. The monoisotopic (exact) mass is 389 g/mol. The average Bonchev–Trinajstić information content (AvgIpc) is 2.40. The second kappa shape index (κ2) is 6.15. The summed E-state index contributed by atoms with van der Waals surface area (Å²) in [4.78, 5) is 11.7. The van der Waals surface area contributed by atoms with E-state index in [1.54, 1.807) is 24.3 Å². The van der Waals surface area contributed by atoms with Crippen LogP contribution >= 0.6 is 27.5 Å². The third-order valence-electron chi connectivity index (χ3n) is 2.59. The third kappa shape index (κ3) is 4.04. The van der Waals surface area contributed by atoms with Gasteiger partial charge in [0.15, 0.2) is 0 Å². The Morgan fingerprint density at radius 2 is 1.76 bits per heavy atom. The molecule has 2 N–H and O–H groups in total. The predicted molar refractivity (Wildman–Crippen MR) is 83.4 cm³/mol. The van der Waals surface area contributed by atoms with Crippen molar-refractivity contribution in [3.63, 3.8) is 0 Å². The van der Waals surface area contributed by atoms with Crippen molar-refractivity contribution in [2.24, 2.45) is 0 Å². The first-order valence-electron chi connectivity index (χ1n) is 5.61. The van der Waals surface area contributed by atoms with Gasteiger partial charge in [-0.3, -0.25) is 9.35 Å². The minimum absolute atomic E-state index is 0.0970. The number of nitrogens with one attached hydrogen (secondary N) is 1. The zero-order valence-electron chi connectivity index (χ0n) is 10.4. The quantitative estimate of drug-likeness (QED) is 0.784. The van der Waals surface area contributed by atoms with E-state index < -0.39 is 16.0 Å². The van der Waals surface area contributed by atoms with E-state index >= 15 is 0 Å². The van der Waals surface area contributed by atoms with Crippen molar-refractivity contribution in [2.45, 2.75) is 4.90 Å². The van der Waals surface area contributed by atoms with Gasteiger partial charge in [0.25, 0.3) is 16.0 Å². The maximum Gasteiger partial charge on any atom is 0.294 e. The Morgan fingerprint density at radius 3 is 2.33 bits per heavy atom. The Balaban J connectivity index is 2.31. The molecule has 0 aliphatic heterocycles. The summed E-state index contributed by atoms with van der Waals surface area (Å²) in [5.74, 6) is -0.447. The van der Waals surface area contributed by atoms with Crippen LogP contribution in [0.2, 0.25) is 5.02 Å². The predicted octanol–water partition coefficient (Wildman–Crippen LogP) is 3.60. The van der Waals surface area contributed by atoms with Crippen molar-refractivity contribution < 1.29 is 17.8 Å². The highest BCUT2D eigenvalue weighted by molar-refractivity contribution is 9.10. The normalized spacial score (nSPS) is 11.2. The maximum atomic E-state index is 12.0. The number of hydrogen-bond donors (Lipinski definition) is 2. The number of carbonyl (C=O) groups is 1. The molecule has 2 aromatic carbocycles. The van der Waals surface area contributed by atoms with Crippen LogP contribution in [0.3, 0.4) is 0 Å². The molecule has 0 atom stereocenters. The third-order valence-corrected chi connectivity index (χ3v) is 4.30. The lowest BCUT2D eigenvalue weighted by Gasteiger charge is -2.08. The molecule has 2 rings (SSSR count). The highest BCUT2D eigenvalue weighted by Crippen LogP contribution is 2.25. The number of hydrogen-bond acceptors (Lipinski definition) is 3. The Hall–Kier alpha value is -1.41. The van der Waals surface area contributed by atoms with Crippen LogP contribution in [-0.2, 0) is 10.1 Å². The van der Waals surface area contributed by atoms with Crippen LogP contribution in [0.15, 0.2) is 51.8 Å². The van der Waals surface area contributed by atoms with E-state index in [4.69, 9.17) is 16.2 Å². The fourth-order valence-corrected chi connectivity index (χ4v) is 2.49. The molecule has 0 aliphatic rings. The van der Waals surface area contributed by atoms with E-state index in [0.717, 1.165) is 16.6 Å². The van der Waals surface area contributed by atoms with E-state index in [2.05, 4.69) is 21.2 Å². The van der Waals surface area contributed by atoms with Gasteiger partial charge in [0, 0.05) is 10.0 Å². The minimum atomic E-state index is -4.36. The van der Waals surface area contributed by atoms with E-state index in [9.17, 15) is 13.2 Å². The topological polar surface area (TPSA) is 83.5 Å². The Labute approximate surface area is 134 Å². The van der Waals surface area contributed by atoms with Crippen LogP contribution in [0.1, 0.15) is 10.4 Å². The van der Waals surface area contributed by atoms with Gasteiger partial charge in [-0.15, -0.1) is 0 Å². The minimum Gasteiger partial charge on any atom is -0.321 e. The molecule has 1 amide bonds. The van der Waals surface area contributed by atoms with E-state index in [0.29, 0.717) is 5.56 Å². The van der Waals surface area contributed by atoms with Crippen molar-refractivity contribution >= 4 is 49.2 Å².